The van der Waals surface area contributed by atoms with Crippen molar-refractivity contribution in [1.82, 2.24) is 0 Å². The largest absolute Gasteiger partial charge is 0.472 e. The van der Waals surface area contributed by atoms with E-state index in [-0.39, 0.29) is 25.8 Å². The molecule has 2 unspecified atom stereocenters. The lowest BCUT2D eigenvalue weighted by molar-refractivity contribution is -0.870. The van der Waals surface area contributed by atoms with Gasteiger partial charge in [0.1, 0.15) is 19.3 Å². The van der Waals surface area contributed by atoms with Gasteiger partial charge in [-0.2, -0.15) is 0 Å². The van der Waals surface area contributed by atoms with Crippen molar-refractivity contribution in [2.24, 2.45) is 0 Å². The predicted octanol–water partition coefficient (Wildman–Crippen LogP) is 11.9. The summed E-state index contributed by atoms with van der Waals surface area (Å²) < 4.78 is 34.8. The topological polar surface area (TPSA) is 91.3 Å². The Morgan fingerprint density at radius 2 is 1.09 bits per heavy atom. The third-order valence-corrected chi connectivity index (χ3v) is 9.27. The molecule has 0 aliphatic heterocycles. The van der Waals surface area contributed by atoms with Crippen LogP contribution in [0.4, 0.5) is 0 Å². The molecule has 0 aromatic heterocycles. The number of allylic oxidation sites excluding steroid dienone is 12. The lowest BCUT2D eigenvalue weighted by atomic mass is 10.1. The van der Waals surface area contributed by atoms with Crippen LogP contribution < -0.4 is 0 Å². The van der Waals surface area contributed by atoms with Gasteiger partial charge in [-0.3, -0.25) is 13.8 Å². The number of ether oxygens (including phenoxy) is 2. The number of quaternary nitrogens is 1. The van der Waals surface area contributed by atoms with E-state index in [2.05, 4.69) is 86.8 Å². The summed E-state index contributed by atoms with van der Waals surface area (Å²) in [4.78, 5) is 22.7. The van der Waals surface area contributed by atoms with E-state index in [9.17, 15) is 14.3 Å². The zero-order valence-corrected chi connectivity index (χ0v) is 35.4. The number of hydrogen-bond acceptors (Lipinski definition) is 6. The Bertz CT molecular complexity index is 1070. The van der Waals surface area contributed by atoms with E-state index in [4.69, 9.17) is 18.5 Å². The molecule has 0 saturated carbocycles. The highest BCUT2D eigenvalue weighted by atomic mass is 31.2. The van der Waals surface area contributed by atoms with Crippen LogP contribution in [0.15, 0.2) is 72.9 Å². The van der Waals surface area contributed by atoms with Gasteiger partial charge in [-0.15, -0.1) is 0 Å². The lowest BCUT2D eigenvalue weighted by Crippen LogP contribution is -2.37. The molecular formula is C44H79NO7P+. The van der Waals surface area contributed by atoms with Crippen molar-refractivity contribution < 1.29 is 37.3 Å². The molecule has 0 aliphatic rings. The molecule has 2 atom stereocenters. The average molecular weight is 765 g/mol. The molecule has 1 N–H and O–H groups in total. The number of phosphoric ester groups is 1. The maximum absolute atomic E-state index is 12.5. The van der Waals surface area contributed by atoms with Gasteiger partial charge in [-0.1, -0.05) is 145 Å². The van der Waals surface area contributed by atoms with Gasteiger partial charge in [-0.25, -0.2) is 4.57 Å². The fraction of sp³-hybridized carbons (Fsp3) is 0.705. The first-order valence-corrected chi connectivity index (χ1v) is 22.2. The van der Waals surface area contributed by atoms with Crippen LogP contribution in [-0.2, 0) is 27.9 Å². The molecule has 306 valence electrons. The maximum Gasteiger partial charge on any atom is 0.472 e. The fourth-order valence-corrected chi connectivity index (χ4v) is 5.82. The van der Waals surface area contributed by atoms with Crippen molar-refractivity contribution in [2.75, 3.05) is 54.1 Å². The first kappa shape index (κ1) is 50.9. The molecule has 0 aromatic rings. The smallest absolute Gasteiger partial charge is 0.457 e. The second kappa shape index (κ2) is 36.9. The number of hydrogen-bond donors (Lipinski definition) is 1. The van der Waals surface area contributed by atoms with Gasteiger partial charge in [0.2, 0.25) is 0 Å². The van der Waals surface area contributed by atoms with Gasteiger partial charge < -0.3 is 18.9 Å². The van der Waals surface area contributed by atoms with E-state index in [0.29, 0.717) is 24.1 Å². The van der Waals surface area contributed by atoms with Crippen LogP contribution in [0.1, 0.15) is 142 Å². The van der Waals surface area contributed by atoms with E-state index in [0.717, 1.165) is 83.5 Å². The highest BCUT2D eigenvalue weighted by Gasteiger charge is 2.26. The van der Waals surface area contributed by atoms with Gasteiger partial charge in [0.15, 0.2) is 0 Å². The van der Waals surface area contributed by atoms with Crippen LogP contribution in [0.3, 0.4) is 0 Å². The molecule has 0 amide bonds. The molecule has 0 aromatic carbocycles. The van der Waals surface area contributed by atoms with Crippen LogP contribution in [0.25, 0.3) is 0 Å². The molecule has 0 aliphatic carbocycles. The summed E-state index contributed by atoms with van der Waals surface area (Å²) in [5, 5.41) is 0. The monoisotopic (exact) mass is 765 g/mol. The van der Waals surface area contributed by atoms with E-state index in [1.807, 2.05) is 21.1 Å². The zero-order chi connectivity index (χ0) is 39.1. The second-order valence-electron chi connectivity index (χ2n) is 14.6. The minimum absolute atomic E-state index is 0.0812. The Morgan fingerprint density at radius 3 is 1.64 bits per heavy atom. The minimum atomic E-state index is -4.27. The summed E-state index contributed by atoms with van der Waals surface area (Å²) in [6.07, 6.45) is 46.7. The van der Waals surface area contributed by atoms with Gasteiger partial charge in [-0.05, 0) is 64.2 Å². The van der Waals surface area contributed by atoms with Crippen molar-refractivity contribution in [3.63, 3.8) is 0 Å². The molecule has 0 rings (SSSR count). The Kier molecular flexibility index (Phi) is 35.5. The number of carbonyl (C=O) groups is 1. The maximum atomic E-state index is 12.5. The standard InChI is InChI=1S/C44H78NO7P/c1-6-8-10-12-14-15-16-17-18-19-20-21-22-23-24-25-26-27-28-29-30-32-34-36-39-49-41-43(42-51-53(47,48)50-40-38-45(3,4)5)52-44(46)37-35-33-31-13-11-9-7-2/h8,10,14-15,17-18,20-21,23-24,26-27,43H,6-7,9,11-13,16,19,22,25,28-42H2,1-5H3/p+1/b10-8-,15-14-,18-17-,21-20-,24-23-,27-26-. The third kappa shape index (κ3) is 41.0. The minimum Gasteiger partial charge on any atom is -0.457 e. The van der Waals surface area contributed by atoms with Crippen molar-refractivity contribution in [2.45, 2.75) is 148 Å². The molecule has 9 heteroatoms. The summed E-state index contributed by atoms with van der Waals surface area (Å²) >= 11 is 0. The highest BCUT2D eigenvalue weighted by molar-refractivity contribution is 7.47. The fourth-order valence-electron chi connectivity index (χ4n) is 5.08. The number of likely N-dealkylation sites (N-methyl/N-ethyl adjacent to an activating group) is 1. The Morgan fingerprint density at radius 1 is 0.604 bits per heavy atom. The molecule has 0 fully saturated rings. The summed E-state index contributed by atoms with van der Waals surface area (Å²) in [6.45, 7) is 5.39. The zero-order valence-electron chi connectivity index (χ0n) is 34.5. The molecule has 0 radical (unpaired) electrons. The Balaban J connectivity index is 4.16. The number of unbranched alkanes of at least 4 members (excludes halogenated alkanes) is 11. The average Bonchev–Trinajstić information content (AvgIpc) is 3.11. The van der Waals surface area contributed by atoms with Crippen LogP contribution in [0.5, 0.6) is 0 Å². The van der Waals surface area contributed by atoms with E-state index < -0.39 is 13.9 Å². The first-order chi connectivity index (χ1) is 25.6. The Hall–Kier alpha value is -2.06. The molecular weight excluding hydrogens is 685 g/mol. The summed E-state index contributed by atoms with van der Waals surface area (Å²) in [5.41, 5.74) is 0. The summed E-state index contributed by atoms with van der Waals surface area (Å²) in [5.74, 6) is -0.332. The van der Waals surface area contributed by atoms with Crippen LogP contribution in [0, 0.1) is 0 Å². The van der Waals surface area contributed by atoms with Crippen LogP contribution in [0.2, 0.25) is 0 Å². The van der Waals surface area contributed by atoms with Crippen molar-refractivity contribution in [3.8, 4) is 0 Å². The normalized spacial score (nSPS) is 14.6. The van der Waals surface area contributed by atoms with Gasteiger partial charge in [0.25, 0.3) is 0 Å². The molecule has 0 saturated heterocycles. The number of nitrogens with zero attached hydrogens (tertiary/aromatic N) is 1. The molecule has 8 nitrogen and oxygen atoms in total. The number of esters is 1. The number of rotatable bonds is 37. The lowest BCUT2D eigenvalue weighted by Gasteiger charge is -2.24. The van der Waals surface area contributed by atoms with Crippen molar-refractivity contribution in [1.29, 1.82) is 0 Å². The highest BCUT2D eigenvalue weighted by Crippen LogP contribution is 2.43. The van der Waals surface area contributed by atoms with E-state index in [1.165, 1.54) is 38.5 Å². The summed E-state index contributed by atoms with van der Waals surface area (Å²) in [6, 6.07) is 0. The van der Waals surface area contributed by atoms with Crippen LogP contribution >= 0.6 is 7.82 Å². The van der Waals surface area contributed by atoms with E-state index in [1.54, 1.807) is 0 Å². The van der Waals surface area contributed by atoms with Crippen molar-refractivity contribution in [3.05, 3.63) is 72.9 Å². The quantitative estimate of drug-likeness (QED) is 0.0221. The number of carbonyl (C=O) groups excluding carboxylic acids is 1. The van der Waals surface area contributed by atoms with Gasteiger partial charge in [0.05, 0.1) is 34.4 Å². The number of phosphoric acid groups is 1. The molecule has 53 heavy (non-hydrogen) atoms. The SMILES string of the molecule is CC/C=C\C/C=C\C/C=C\C/C=C\C/C=C\C/C=C\CCCCCCCOCC(COP(=O)(O)OCC[N+](C)(C)C)OC(=O)CCCCCCCCC. The van der Waals surface area contributed by atoms with E-state index >= 15 is 0 Å². The van der Waals surface area contributed by atoms with Crippen molar-refractivity contribution >= 4 is 13.8 Å². The predicted molar refractivity (Wildman–Crippen MR) is 224 cm³/mol. The second-order valence-corrected chi connectivity index (χ2v) is 16.1. The van der Waals surface area contributed by atoms with Gasteiger partial charge in [0, 0.05) is 13.0 Å². The first-order valence-electron chi connectivity index (χ1n) is 20.7. The molecule has 0 bridgehead atoms. The Labute approximate surface area is 325 Å². The summed E-state index contributed by atoms with van der Waals surface area (Å²) in [7, 11) is 1.64. The van der Waals surface area contributed by atoms with Gasteiger partial charge >= 0.3 is 13.8 Å². The molecule has 0 heterocycles. The van der Waals surface area contributed by atoms with Crippen LogP contribution in [-0.4, -0.2) is 75.6 Å². The third-order valence-electron chi connectivity index (χ3n) is 8.28. The molecule has 0 spiro atoms.